The topological polar surface area (TPSA) is 55.1 Å². The Kier molecular flexibility index (Phi) is 3.21. The molecule has 106 valence electrons. The molecule has 5 heteroatoms. The number of aliphatic carboxylic acids is 1. The summed E-state index contributed by atoms with van der Waals surface area (Å²) in [5.41, 5.74) is 0.892. The highest BCUT2D eigenvalue weighted by molar-refractivity contribution is 6.34. The van der Waals surface area contributed by atoms with E-state index in [1.54, 1.807) is 4.68 Å². The number of benzene rings is 1. The van der Waals surface area contributed by atoms with Gasteiger partial charge in [0, 0.05) is 12.4 Å². The number of rotatable bonds is 2. The van der Waals surface area contributed by atoms with Crippen molar-refractivity contribution < 1.29 is 9.90 Å². The molecule has 0 unspecified atom stereocenters. The van der Waals surface area contributed by atoms with Gasteiger partial charge in [-0.2, -0.15) is 5.10 Å². The first-order valence-electron chi connectivity index (χ1n) is 6.91. The number of fused-ring (bicyclic) bond motifs is 1. The molecular weight excluding hydrogens is 276 g/mol. The fourth-order valence-corrected chi connectivity index (χ4v) is 3.73. The van der Waals surface area contributed by atoms with Crippen molar-refractivity contribution in [3.05, 3.63) is 28.9 Å². The molecule has 0 radical (unpaired) electrons. The smallest absolute Gasteiger partial charge is 0.314 e. The summed E-state index contributed by atoms with van der Waals surface area (Å²) in [5, 5.41) is 15.2. The number of nitrogens with zero attached hydrogens (tertiary/aromatic N) is 2. The number of carboxylic acid groups (broad SMARTS) is 1. The van der Waals surface area contributed by atoms with E-state index in [0.29, 0.717) is 18.0 Å². The van der Waals surface area contributed by atoms with Gasteiger partial charge in [-0.25, -0.2) is 0 Å². The van der Waals surface area contributed by atoms with E-state index in [2.05, 4.69) is 5.10 Å². The third kappa shape index (κ3) is 1.82. The van der Waals surface area contributed by atoms with E-state index in [1.807, 2.05) is 25.2 Å². The first-order valence-corrected chi connectivity index (χ1v) is 7.29. The molecule has 0 saturated heterocycles. The molecule has 1 aliphatic carbocycles. The molecule has 0 spiro atoms. The molecular formula is C15H17ClN2O2. The minimum atomic E-state index is -0.815. The third-order valence-electron chi connectivity index (χ3n) is 4.47. The largest absolute Gasteiger partial charge is 0.481 e. The predicted octanol–water partition coefficient (Wildman–Crippen LogP) is 3.51. The Bertz CT molecular complexity index is 672. The average molecular weight is 293 g/mol. The van der Waals surface area contributed by atoms with Gasteiger partial charge in [-0.1, -0.05) is 43.0 Å². The van der Waals surface area contributed by atoms with Gasteiger partial charge in [0.25, 0.3) is 0 Å². The van der Waals surface area contributed by atoms with Crippen LogP contribution in [0.2, 0.25) is 5.15 Å². The number of aryl methyl sites for hydroxylation is 1. The van der Waals surface area contributed by atoms with Crippen LogP contribution in [0, 0.1) is 0 Å². The number of carboxylic acids is 1. The van der Waals surface area contributed by atoms with Crippen molar-refractivity contribution >= 4 is 28.5 Å². The fraction of sp³-hybridized carbons (Fsp3) is 0.467. The van der Waals surface area contributed by atoms with Gasteiger partial charge in [-0.15, -0.1) is 0 Å². The standard InChI is InChI=1S/C15H17ClN2O2/c1-18-11-7-5-6-10(12(11)13(16)17-18)15(14(19)20)8-3-2-4-9-15/h5-7H,2-4,8-9H2,1H3,(H,19,20). The Balaban J connectivity index is 2.29. The molecule has 1 aliphatic rings. The number of aromatic nitrogens is 2. The van der Waals surface area contributed by atoms with E-state index in [1.165, 1.54) is 0 Å². The summed E-state index contributed by atoms with van der Waals surface area (Å²) in [6, 6.07) is 5.72. The van der Waals surface area contributed by atoms with Crippen LogP contribution in [0.1, 0.15) is 37.7 Å². The van der Waals surface area contributed by atoms with Crippen molar-refractivity contribution in [3.8, 4) is 0 Å². The van der Waals surface area contributed by atoms with Gasteiger partial charge < -0.3 is 5.11 Å². The third-order valence-corrected chi connectivity index (χ3v) is 4.73. The molecule has 0 aliphatic heterocycles. The molecule has 1 aromatic heterocycles. The van der Waals surface area contributed by atoms with Crippen LogP contribution in [-0.4, -0.2) is 20.9 Å². The number of hydrogen-bond acceptors (Lipinski definition) is 2. The molecule has 4 nitrogen and oxygen atoms in total. The predicted molar refractivity (Wildman–Crippen MR) is 78.1 cm³/mol. The van der Waals surface area contributed by atoms with E-state index >= 15 is 0 Å². The van der Waals surface area contributed by atoms with Crippen LogP contribution in [0.15, 0.2) is 18.2 Å². The Hall–Kier alpha value is -1.55. The molecule has 1 fully saturated rings. The minimum absolute atomic E-state index is 0.393. The maximum Gasteiger partial charge on any atom is 0.314 e. The number of halogens is 1. The lowest BCUT2D eigenvalue weighted by Gasteiger charge is -2.34. The van der Waals surface area contributed by atoms with Crippen molar-refractivity contribution in [2.75, 3.05) is 0 Å². The van der Waals surface area contributed by atoms with Crippen LogP contribution < -0.4 is 0 Å². The lowest BCUT2D eigenvalue weighted by Crippen LogP contribution is -2.38. The van der Waals surface area contributed by atoms with Gasteiger partial charge >= 0.3 is 5.97 Å². The van der Waals surface area contributed by atoms with Gasteiger partial charge in [-0.05, 0) is 24.5 Å². The van der Waals surface area contributed by atoms with E-state index in [9.17, 15) is 9.90 Å². The van der Waals surface area contributed by atoms with Gasteiger partial charge in [-0.3, -0.25) is 9.48 Å². The summed E-state index contributed by atoms with van der Waals surface area (Å²) >= 11 is 6.24. The van der Waals surface area contributed by atoms with E-state index < -0.39 is 11.4 Å². The van der Waals surface area contributed by atoms with Crippen molar-refractivity contribution in [1.82, 2.24) is 9.78 Å². The van der Waals surface area contributed by atoms with E-state index in [4.69, 9.17) is 11.6 Å². The van der Waals surface area contributed by atoms with Crippen molar-refractivity contribution in [2.24, 2.45) is 7.05 Å². The summed E-state index contributed by atoms with van der Waals surface area (Å²) in [5.74, 6) is -0.746. The summed E-state index contributed by atoms with van der Waals surface area (Å²) in [6.45, 7) is 0. The molecule has 2 aromatic rings. The Morgan fingerprint density at radius 2 is 2.05 bits per heavy atom. The molecule has 1 heterocycles. The summed E-state index contributed by atoms with van der Waals surface area (Å²) < 4.78 is 1.71. The maximum absolute atomic E-state index is 12.0. The van der Waals surface area contributed by atoms with Crippen LogP contribution in [-0.2, 0) is 17.3 Å². The highest BCUT2D eigenvalue weighted by atomic mass is 35.5. The normalized spacial score (nSPS) is 18.3. The van der Waals surface area contributed by atoms with Crippen molar-refractivity contribution in [1.29, 1.82) is 0 Å². The zero-order chi connectivity index (χ0) is 14.3. The molecule has 0 amide bonds. The van der Waals surface area contributed by atoms with Gasteiger partial charge in [0.2, 0.25) is 0 Å². The van der Waals surface area contributed by atoms with Crippen LogP contribution >= 0.6 is 11.6 Å². The molecule has 1 N–H and O–H groups in total. The van der Waals surface area contributed by atoms with Crippen molar-refractivity contribution in [2.45, 2.75) is 37.5 Å². The molecule has 3 rings (SSSR count). The van der Waals surface area contributed by atoms with Crippen LogP contribution in [0.25, 0.3) is 10.9 Å². The lowest BCUT2D eigenvalue weighted by molar-refractivity contribution is -0.145. The maximum atomic E-state index is 12.0. The van der Waals surface area contributed by atoms with Crippen molar-refractivity contribution in [3.63, 3.8) is 0 Å². The van der Waals surface area contributed by atoms with E-state index in [0.717, 1.165) is 35.7 Å². The Morgan fingerprint density at radius 1 is 1.35 bits per heavy atom. The Labute approximate surface area is 122 Å². The second-order valence-corrected chi connectivity index (χ2v) is 5.92. The zero-order valence-electron chi connectivity index (χ0n) is 11.4. The SMILES string of the molecule is Cn1nc(Cl)c2c(C3(C(=O)O)CCCCC3)cccc21. The molecule has 1 aromatic carbocycles. The average Bonchev–Trinajstić information content (AvgIpc) is 2.75. The summed E-state index contributed by atoms with van der Waals surface area (Å²) in [4.78, 5) is 12.0. The second kappa shape index (κ2) is 4.77. The van der Waals surface area contributed by atoms with Crippen LogP contribution in [0.5, 0.6) is 0 Å². The molecule has 0 atom stereocenters. The van der Waals surface area contributed by atoms with Crippen LogP contribution in [0.4, 0.5) is 0 Å². The molecule has 1 saturated carbocycles. The first-order chi connectivity index (χ1) is 9.56. The minimum Gasteiger partial charge on any atom is -0.481 e. The lowest BCUT2D eigenvalue weighted by atomic mass is 9.68. The second-order valence-electron chi connectivity index (χ2n) is 5.56. The Morgan fingerprint density at radius 3 is 2.70 bits per heavy atom. The summed E-state index contributed by atoms with van der Waals surface area (Å²) in [7, 11) is 1.83. The number of carbonyl (C=O) groups is 1. The number of hydrogen-bond donors (Lipinski definition) is 1. The highest BCUT2D eigenvalue weighted by Crippen LogP contribution is 2.43. The van der Waals surface area contributed by atoms with Crippen LogP contribution in [0.3, 0.4) is 0 Å². The van der Waals surface area contributed by atoms with Gasteiger partial charge in [0.15, 0.2) is 5.15 Å². The highest BCUT2D eigenvalue weighted by Gasteiger charge is 2.43. The monoisotopic (exact) mass is 292 g/mol. The molecule has 0 bridgehead atoms. The fourth-order valence-electron chi connectivity index (χ4n) is 3.41. The zero-order valence-corrected chi connectivity index (χ0v) is 12.2. The first kappa shape index (κ1) is 13.4. The molecule has 20 heavy (non-hydrogen) atoms. The summed E-state index contributed by atoms with van der Waals surface area (Å²) in [6.07, 6.45) is 4.34. The van der Waals surface area contributed by atoms with Gasteiger partial charge in [0.05, 0.1) is 10.9 Å². The van der Waals surface area contributed by atoms with Gasteiger partial charge in [0.1, 0.15) is 0 Å². The quantitative estimate of drug-likeness (QED) is 0.921. The van der Waals surface area contributed by atoms with E-state index in [-0.39, 0.29) is 0 Å².